The Morgan fingerprint density at radius 3 is 2.75 bits per heavy atom. The van der Waals surface area contributed by atoms with E-state index in [1.807, 2.05) is 46.2 Å². The Balaban J connectivity index is 1.50. The van der Waals surface area contributed by atoms with Gasteiger partial charge in [-0.25, -0.2) is 9.67 Å². The normalized spacial score (nSPS) is 17.3. The highest BCUT2D eigenvalue weighted by Gasteiger charge is 2.29. The second-order valence-electron chi connectivity index (χ2n) is 5.88. The second kappa shape index (κ2) is 6.27. The van der Waals surface area contributed by atoms with E-state index in [2.05, 4.69) is 15.2 Å². The average molecular weight is 322 g/mol. The lowest BCUT2D eigenvalue weighted by Crippen LogP contribution is -2.38. The fourth-order valence-corrected chi connectivity index (χ4v) is 3.14. The molecule has 0 spiro atoms. The van der Waals surface area contributed by atoms with Crippen LogP contribution in [0.4, 0.5) is 0 Å². The monoisotopic (exact) mass is 322 g/mol. The standard InChI is InChI=1S/C17H18N6O/c24-17(14-5-6-16(18-12-14)23-11-3-8-20-23)22-10-1-4-15(22)13-21-9-2-7-19-21/h2-3,5-9,11-12,15H,1,4,10,13H2. The number of aromatic nitrogens is 5. The Bertz CT molecular complexity index is 794. The average Bonchev–Trinajstić information content (AvgIpc) is 3.37. The molecule has 7 nitrogen and oxygen atoms in total. The molecule has 24 heavy (non-hydrogen) atoms. The maximum absolute atomic E-state index is 12.8. The molecule has 4 rings (SSSR count). The van der Waals surface area contributed by atoms with Crippen LogP contribution in [0.1, 0.15) is 23.2 Å². The number of carbonyl (C=O) groups is 1. The van der Waals surface area contributed by atoms with Gasteiger partial charge in [0.25, 0.3) is 5.91 Å². The van der Waals surface area contributed by atoms with Gasteiger partial charge in [0, 0.05) is 37.5 Å². The zero-order valence-corrected chi connectivity index (χ0v) is 13.2. The largest absolute Gasteiger partial charge is 0.334 e. The number of pyridine rings is 1. The molecule has 0 bridgehead atoms. The Hall–Kier alpha value is -2.96. The van der Waals surface area contributed by atoms with Crippen LogP contribution in [0.25, 0.3) is 5.82 Å². The van der Waals surface area contributed by atoms with Gasteiger partial charge in [0.15, 0.2) is 5.82 Å². The predicted molar refractivity (Wildman–Crippen MR) is 87.6 cm³/mol. The highest BCUT2D eigenvalue weighted by molar-refractivity contribution is 5.94. The third-order valence-corrected chi connectivity index (χ3v) is 4.33. The Morgan fingerprint density at radius 2 is 2.04 bits per heavy atom. The first kappa shape index (κ1) is 14.6. The minimum absolute atomic E-state index is 0.0316. The van der Waals surface area contributed by atoms with Crippen molar-refractivity contribution in [2.24, 2.45) is 0 Å². The molecule has 0 aliphatic carbocycles. The maximum Gasteiger partial charge on any atom is 0.255 e. The molecule has 4 heterocycles. The van der Waals surface area contributed by atoms with Crippen molar-refractivity contribution in [1.82, 2.24) is 29.4 Å². The summed E-state index contributed by atoms with van der Waals surface area (Å²) in [5.74, 6) is 0.732. The van der Waals surface area contributed by atoms with Gasteiger partial charge in [0.1, 0.15) is 0 Å². The van der Waals surface area contributed by atoms with Crippen LogP contribution in [0.15, 0.2) is 55.2 Å². The Kier molecular flexibility index (Phi) is 3.82. The molecule has 122 valence electrons. The van der Waals surface area contributed by atoms with Crippen molar-refractivity contribution in [2.45, 2.75) is 25.4 Å². The highest BCUT2D eigenvalue weighted by atomic mass is 16.2. The molecule has 0 aromatic carbocycles. The van der Waals surface area contributed by atoms with Crippen LogP contribution >= 0.6 is 0 Å². The van der Waals surface area contributed by atoms with Crippen LogP contribution in [0, 0.1) is 0 Å². The van der Waals surface area contributed by atoms with Gasteiger partial charge in [-0.05, 0) is 37.1 Å². The molecular weight excluding hydrogens is 304 g/mol. The zero-order chi connectivity index (χ0) is 16.4. The molecule has 0 saturated carbocycles. The second-order valence-corrected chi connectivity index (χ2v) is 5.88. The van der Waals surface area contributed by atoms with E-state index in [-0.39, 0.29) is 11.9 Å². The quantitative estimate of drug-likeness (QED) is 0.734. The van der Waals surface area contributed by atoms with Gasteiger partial charge >= 0.3 is 0 Å². The minimum atomic E-state index is 0.0316. The first-order valence-corrected chi connectivity index (χ1v) is 8.06. The fraction of sp³-hybridized carbons (Fsp3) is 0.294. The van der Waals surface area contributed by atoms with Crippen LogP contribution < -0.4 is 0 Å². The lowest BCUT2D eigenvalue weighted by atomic mass is 10.2. The van der Waals surface area contributed by atoms with Crippen molar-refractivity contribution >= 4 is 5.91 Å². The predicted octanol–water partition coefficient (Wildman–Crippen LogP) is 1.77. The molecule has 1 fully saturated rings. The van der Waals surface area contributed by atoms with Crippen LogP contribution in [0.5, 0.6) is 0 Å². The molecule has 7 heteroatoms. The van der Waals surface area contributed by atoms with Crippen molar-refractivity contribution < 1.29 is 4.79 Å². The number of hydrogen-bond donors (Lipinski definition) is 0. The highest BCUT2D eigenvalue weighted by Crippen LogP contribution is 2.21. The molecule has 0 N–H and O–H groups in total. The number of rotatable bonds is 4. The lowest BCUT2D eigenvalue weighted by Gasteiger charge is -2.24. The molecule has 1 aliphatic heterocycles. The van der Waals surface area contributed by atoms with Gasteiger partial charge in [-0.1, -0.05) is 0 Å². The number of amides is 1. The van der Waals surface area contributed by atoms with E-state index in [0.717, 1.165) is 25.9 Å². The third kappa shape index (κ3) is 2.80. The van der Waals surface area contributed by atoms with Crippen LogP contribution in [-0.4, -0.2) is 47.9 Å². The summed E-state index contributed by atoms with van der Waals surface area (Å²) in [5, 5.41) is 8.38. The molecular formula is C17H18N6O. The number of carbonyl (C=O) groups excluding carboxylic acids is 1. The summed E-state index contributed by atoms with van der Waals surface area (Å²) in [6.07, 6.45) is 10.9. The summed E-state index contributed by atoms with van der Waals surface area (Å²) < 4.78 is 3.56. The van der Waals surface area contributed by atoms with Gasteiger partial charge < -0.3 is 4.90 Å². The van der Waals surface area contributed by atoms with Crippen molar-refractivity contribution in [3.8, 4) is 5.82 Å². The van der Waals surface area contributed by atoms with E-state index < -0.39 is 0 Å². The molecule has 1 unspecified atom stereocenters. The third-order valence-electron chi connectivity index (χ3n) is 4.33. The Morgan fingerprint density at radius 1 is 1.17 bits per heavy atom. The van der Waals surface area contributed by atoms with Crippen LogP contribution in [0.3, 0.4) is 0 Å². The van der Waals surface area contributed by atoms with Gasteiger partial charge in [-0.15, -0.1) is 0 Å². The van der Waals surface area contributed by atoms with Gasteiger partial charge in [-0.2, -0.15) is 10.2 Å². The van der Waals surface area contributed by atoms with Crippen molar-refractivity contribution in [2.75, 3.05) is 6.54 Å². The topological polar surface area (TPSA) is 68.8 Å². The summed E-state index contributed by atoms with van der Waals surface area (Å²) in [7, 11) is 0. The summed E-state index contributed by atoms with van der Waals surface area (Å²) >= 11 is 0. The maximum atomic E-state index is 12.8. The molecule has 3 aromatic heterocycles. The summed E-state index contributed by atoms with van der Waals surface area (Å²) in [6.45, 7) is 1.52. The Labute approximate surface area is 139 Å². The van der Waals surface area contributed by atoms with Gasteiger partial charge in [-0.3, -0.25) is 9.48 Å². The summed E-state index contributed by atoms with van der Waals surface area (Å²) in [5.41, 5.74) is 0.610. The van der Waals surface area contributed by atoms with E-state index in [4.69, 9.17) is 0 Å². The van der Waals surface area contributed by atoms with E-state index in [1.165, 1.54) is 0 Å². The number of likely N-dealkylation sites (tertiary alicyclic amines) is 1. The first-order chi connectivity index (χ1) is 11.8. The van der Waals surface area contributed by atoms with E-state index in [1.54, 1.807) is 23.3 Å². The smallest absolute Gasteiger partial charge is 0.255 e. The number of nitrogens with zero attached hydrogens (tertiary/aromatic N) is 6. The van der Waals surface area contributed by atoms with E-state index in [9.17, 15) is 4.79 Å². The summed E-state index contributed by atoms with van der Waals surface area (Å²) in [4.78, 5) is 19.1. The lowest BCUT2D eigenvalue weighted by molar-refractivity contribution is 0.0721. The number of hydrogen-bond acceptors (Lipinski definition) is 4. The van der Waals surface area contributed by atoms with E-state index in [0.29, 0.717) is 11.4 Å². The molecule has 0 radical (unpaired) electrons. The van der Waals surface area contributed by atoms with Crippen LogP contribution in [0.2, 0.25) is 0 Å². The molecule has 1 aliphatic rings. The fourth-order valence-electron chi connectivity index (χ4n) is 3.14. The molecule has 1 saturated heterocycles. The summed E-state index contributed by atoms with van der Waals surface area (Å²) in [6, 6.07) is 7.56. The van der Waals surface area contributed by atoms with Crippen molar-refractivity contribution in [1.29, 1.82) is 0 Å². The minimum Gasteiger partial charge on any atom is -0.334 e. The SMILES string of the molecule is O=C(c1ccc(-n2cccn2)nc1)N1CCCC1Cn1cccn1. The van der Waals surface area contributed by atoms with Gasteiger partial charge in [0.05, 0.1) is 18.2 Å². The van der Waals surface area contributed by atoms with Crippen LogP contribution in [-0.2, 0) is 6.54 Å². The zero-order valence-electron chi connectivity index (χ0n) is 13.2. The molecule has 1 atom stereocenters. The molecule has 1 amide bonds. The van der Waals surface area contributed by atoms with Crippen molar-refractivity contribution in [3.63, 3.8) is 0 Å². The van der Waals surface area contributed by atoms with E-state index >= 15 is 0 Å². The molecule has 3 aromatic rings. The first-order valence-electron chi connectivity index (χ1n) is 8.06. The van der Waals surface area contributed by atoms with Crippen molar-refractivity contribution in [3.05, 3.63) is 60.8 Å². The van der Waals surface area contributed by atoms with Gasteiger partial charge in [0.2, 0.25) is 0 Å².